The van der Waals surface area contributed by atoms with Gasteiger partial charge in [-0.05, 0) is 36.6 Å². The molecule has 1 fully saturated rings. The molecule has 1 unspecified atom stereocenters. The minimum absolute atomic E-state index is 0.139. The highest BCUT2D eigenvalue weighted by atomic mass is 32.2. The molecule has 1 atom stereocenters. The summed E-state index contributed by atoms with van der Waals surface area (Å²) in [7, 11) is -3.66. The lowest BCUT2D eigenvalue weighted by Gasteiger charge is -2.34. The van der Waals surface area contributed by atoms with Crippen molar-refractivity contribution in [2.24, 2.45) is 0 Å². The Hall–Kier alpha value is -2.99. The maximum absolute atomic E-state index is 12.9. The summed E-state index contributed by atoms with van der Waals surface area (Å²) >= 11 is 1.51. The van der Waals surface area contributed by atoms with Crippen LogP contribution in [0.15, 0.2) is 41.8 Å². The fourth-order valence-corrected chi connectivity index (χ4v) is 6.00. The molecule has 11 heteroatoms. The number of anilines is 1. The lowest BCUT2D eigenvalue weighted by Crippen LogP contribution is -2.49. The van der Waals surface area contributed by atoms with E-state index in [9.17, 15) is 13.2 Å². The van der Waals surface area contributed by atoms with Crippen molar-refractivity contribution in [1.29, 1.82) is 0 Å². The van der Waals surface area contributed by atoms with Gasteiger partial charge in [-0.25, -0.2) is 4.98 Å². The van der Waals surface area contributed by atoms with Gasteiger partial charge in [0.2, 0.25) is 12.2 Å². The van der Waals surface area contributed by atoms with Crippen molar-refractivity contribution >= 4 is 32.5 Å². The lowest BCUT2D eigenvalue weighted by molar-refractivity contribution is -0.155. The number of ether oxygens (including phenoxy) is 2. The molecule has 38 heavy (non-hydrogen) atoms. The number of hydrogen-bond donors (Lipinski definition) is 0. The Balaban J connectivity index is 1.18. The molecule has 0 aliphatic carbocycles. The van der Waals surface area contributed by atoms with Gasteiger partial charge in [-0.1, -0.05) is 35.9 Å². The monoisotopic (exact) mass is 557 g/mol. The smallest absolute Gasteiger partial charge is 0.306 e. The molecule has 1 amide bonds. The number of aromatic nitrogens is 1. The first-order chi connectivity index (χ1) is 18.2. The van der Waals surface area contributed by atoms with Gasteiger partial charge in [-0.2, -0.15) is 8.42 Å². The van der Waals surface area contributed by atoms with Crippen LogP contribution in [-0.4, -0.2) is 56.6 Å². The van der Waals surface area contributed by atoms with Crippen LogP contribution < -0.4 is 9.08 Å². The predicted octanol–water partition coefficient (Wildman–Crippen LogP) is 3.74. The predicted molar refractivity (Wildman–Crippen MR) is 145 cm³/mol. The molecule has 0 radical (unpaired) electrons. The maximum Gasteiger partial charge on any atom is 0.306 e. The molecule has 3 aromatic rings. The number of piperazine rings is 1. The Bertz CT molecular complexity index is 1430. The van der Waals surface area contributed by atoms with Crippen molar-refractivity contribution in [2.45, 2.75) is 39.8 Å². The second kappa shape index (κ2) is 11.0. The molecule has 2 aromatic carbocycles. The van der Waals surface area contributed by atoms with Crippen molar-refractivity contribution in [2.75, 3.05) is 37.3 Å². The van der Waals surface area contributed by atoms with Gasteiger partial charge in [0.25, 0.3) is 0 Å². The normalized spacial score (nSPS) is 18.1. The van der Waals surface area contributed by atoms with E-state index in [2.05, 4.69) is 23.1 Å². The van der Waals surface area contributed by atoms with Gasteiger partial charge in [0.1, 0.15) is 11.4 Å². The molecule has 1 aromatic heterocycles. The third-order valence-electron chi connectivity index (χ3n) is 6.74. The highest BCUT2D eigenvalue weighted by Gasteiger charge is 2.27. The van der Waals surface area contributed by atoms with Crippen LogP contribution in [0.2, 0.25) is 0 Å². The first-order valence-electron chi connectivity index (χ1n) is 12.4. The Labute approximate surface area is 227 Å². The Morgan fingerprint density at radius 2 is 1.87 bits per heavy atom. The number of carbonyl (C=O) groups is 1. The number of benzene rings is 2. The van der Waals surface area contributed by atoms with Crippen LogP contribution in [0, 0.1) is 13.8 Å². The molecule has 202 valence electrons. The molecule has 0 bridgehead atoms. The first kappa shape index (κ1) is 26.6. The van der Waals surface area contributed by atoms with E-state index in [1.807, 2.05) is 30.2 Å². The van der Waals surface area contributed by atoms with Gasteiger partial charge in [0, 0.05) is 37.1 Å². The van der Waals surface area contributed by atoms with Gasteiger partial charge < -0.3 is 23.5 Å². The van der Waals surface area contributed by atoms with Crippen molar-refractivity contribution in [3.8, 4) is 5.75 Å². The van der Waals surface area contributed by atoms with E-state index in [0.717, 1.165) is 33.6 Å². The number of rotatable bonds is 6. The summed E-state index contributed by atoms with van der Waals surface area (Å²) in [5.41, 5.74) is 5.52. The van der Waals surface area contributed by atoms with Crippen LogP contribution >= 0.6 is 11.3 Å². The Morgan fingerprint density at radius 3 is 2.63 bits per heavy atom. The summed E-state index contributed by atoms with van der Waals surface area (Å²) < 4.78 is 40.4. The SMILES string of the molecule is Cc1ccc(C)c(CC(=O)N2CCN(c3nc(C4OCc5cccc(OS(C)(=O)=O)c5CO4)cs3)CC2)c1. The maximum atomic E-state index is 12.9. The molecule has 2 aliphatic rings. The average molecular weight is 558 g/mol. The fraction of sp³-hybridized carbons (Fsp3) is 0.407. The average Bonchev–Trinajstić information content (AvgIpc) is 3.26. The zero-order chi connectivity index (χ0) is 26.9. The highest BCUT2D eigenvalue weighted by Crippen LogP contribution is 2.34. The van der Waals surface area contributed by atoms with Crippen molar-refractivity contribution < 1.29 is 26.9 Å². The summed E-state index contributed by atoms with van der Waals surface area (Å²) in [6.07, 6.45) is 0.754. The lowest BCUT2D eigenvalue weighted by atomic mass is 10.0. The standard InChI is InChI=1S/C27H31N3O6S2/c1-18-7-8-19(2)21(13-18)14-25(31)29-9-11-30(12-10-29)27-28-23(17-37-27)26-34-15-20-5-4-6-24(22(20)16-35-26)36-38(3,32)33/h4-8,13,17,26H,9-12,14-16H2,1-3H3. The van der Waals surface area contributed by atoms with Gasteiger partial charge in [-0.15, -0.1) is 11.3 Å². The van der Waals surface area contributed by atoms with Gasteiger partial charge in [0.15, 0.2) is 5.13 Å². The second-order valence-electron chi connectivity index (χ2n) is 9.66. The molecular formula is C27H31N3O6S2. The fourth-order valence-electron chi connectivity index (χ4n) is 4.64. The topological polar surface area (TPSA) is 98.3 Å². The van der Waals surface area contributed by atoms with Crippen LogP contribution in [0.1, 0.15) is 39.8 Å². The van der Waals surface area contributed by atoms with Crippen molar-refractivity contribution in [3.05, 3.63) is 75.3 Å². The van der Waals surface area contributed by atoms with Gasteiger partial charge in [0.05, 0.1) is 25.9 Å². The van der Waals surface area contributed by atoms with Crippen LogP contribution in [0.3, 0.4) is 0 Å². The van der Waals surface area contributed by atoms with Crippen LogP contribution in [-0.2, 0) is 44.0 Å². The minimum atomic E-state index is -3.66. The number of carbonyl (C=O) groups excluding carboxylic acids is 1. The molecule has 0 saturated carbocycles. The number of aryl methyl sites for hydroxylation is 2. The number of nitrogens with zero attached hydrogens (tertiary/aromatic N) is 3. The van der Waals surface area contributed by atoms with E-state index < -0.39 is 16.4 Å². The summed E-state index contributed by atoms with van der Waals surface area (Å²) in [6, 6.07) is 11.4. The zero-order valence-corrected chi connectivity index (χ0v) is 23.3. The zero-order valence-electron chi connectivity index (χ0n) is 21.7. The molecule has 3 heterocycles. The van der Waals surface area contributed by atoms with Gasteiger partial charge in [-0.3, -0.25) is 4.79 Å². The Morgan fingerprint density at radius 1 is 1.11 bits per heavy atom. The molecular weight excluding hydrogens is 526 g/mol. The largest absolute Gasteiger partial charge is 0.382 e. The van der Waals surface area contributed by atoms with Crippen LogP contribution in [0.5, 0.6) is 5.75 Å². The van der Waals surface area contributed by atoms with E-state index in [4.69, 9.17) is 18.6 Å². The van der Waals surface area contributed by atoms with E-state index >= 15 is 0 Å². The van der Waals surface area contributed by atoms with Gasteiger partial charge >= 0.3 is 10.1 Å². The molecule has 0 N–H and O–H groups in total. The minimum Gasteiger partial charge on any atom is -0.382 e. The molecule has 2 aliphatic heterocycles. The number of thiazole rings is 1. The van der Waals surface area contributed by atoms with Crippen molar-refractivity contribution in [1.82, 2.24) is 9.88 Å². The van der Waals surface area contributed by atoms with E-state index in [-0.39, 0.29) is 24.9 Å². The van der Waals surface area contributed by atoms with Crippen molar-refractivity contribution in [3.63, 3.8) is 0 Å². The molecule has 5 rings (SSSR count). The number of amides is 1. The summed E-state index contributed by atoms with van der Waals surface area (Å²) in [5, 5.41) is 2.78. The number of fused-ring (bicyclic) bond motifs is 1. The highest BCUT2D eigenvalue weighted by molar-refractivity contribution is 7.86. The van der Waals surface area contributed by atoms with E-state index in [1.54, 1.807) is 12.1 Å². The molecule has 9 nitrogen and oxygen atoms in total. The Kier molecular flexibility index (Phi) is 7.71. The third-order valence-corrected chi connectivity index (χ3v) is 8.14. The summed E-state index contributed by atoms with van der Waals surface area (Å²) in [6.45, 7) is 7.17. The second-order valence-corrected chi connectivity index (χ2v) is 12.1. The quantitative estimate of drug-likeness (QED) is 0.423. The summed E-state index contributed by atoms with van der Waals surface area (Å²) in [5.74, 6) is 0.399. The van der Waals surface area contributed by atoms with Crippen LogP contribution in [0.25, 0.3) is 0 Å². The van der Waals surface area contributed by atoms with E-state index in [1.165, 1.54) is 11.3 Å². The molecule has 1 saturated heterocycles. The van der Waals surface area contributed by atoms with E-state index in [0.29, 0.717) is 43.9 Å². The first-order valence-corrected chi connectivity index (χ1v) is 15.1. The van der Waals surface area contributed by atoms with Crippen LogP contribution in [0.4, 0.5) is 5.13 Å². The third kappa shape index (κ3) is 6.17. The molecule has 0 spiro atoms. The number of hydrogen-bond acceptors (Lipinski definition) is 9. The summed E-state index contributed by atoms with van der Waals surface area (Å²) in [4.78, 5) is 21.8.